The highest BCUT2D eigenvalue weighted by Gasteiger charge is 2.48. The van der Waals surface area contributed by atoms with Gasteiger partial charge in [-0.1, -0.05) is 68.1 Å². The Morgan fingerprint density at radius 3 is 2.66 bits per heavy atom. The Hall–Kier alpha value is -2.80. The lowest BCUT2D eigenvalue weighted by Crippen LogP contribution is -2.65. The lowest BCUT2D eigenvalue weighted by atomic mass is 9.91. The summed E-state index contributed by atoms with van der Waals surface area (Å²) in [6.45, 7) is 3.87. The van der Waals surface area contributed by atoms with Gasteiger partial charge in [0.15, 0.2) is 5.58 Å². The third kappa shape index (κ3) is 3.87. The number of hydrogen-bond donors (Lipinski definition) is 1. The summed E-state index contributed by atoms with van der Waals surface area (Å²) in [5.74, 6) is 0.206. The number of oxazole rings is 1. The Kier molecular flexibility index (Phi) is 5.58. The molecule has 2 unspecified atom stereocenters. The van der Waals surface area contributed by atoms with Gasteiger partial charge in [-0.25, -0.2) is 9.78 Å². The second kappa shape index (κ2) is 8.29. The number of thioether (sulfide) groups is 1. The monoisotopic (exact) mass is 409 g/mol. The number of hydrogen-bond acceptors (Lipinski definition) is 5. The average molecular weight is 410 g/mol. The number of benzene rings is 2. The van der Waals surface area contributed by atoms with Crippen molar-refractivity contribution >= 4 is 34.8 Å². The molecule has 0 radical (unpaired) electrons. The van der Waals surface area contributed by atoms with Gasteiger partial charge in [0.25, 0.3) is 5.22 Å². The molecule has 4 rings (SSSR count). The molecular weight excluding hydrogens is 386 g/mol. The molecule has 0 aliphatic carbocycles. The van der Waals surface area contributed by atoms with Crippen molar-refractivity contribution in [3.63, 3.8) is 0 Å². The number of para-hydroxylation sites is 2. The van der Waals surface area contributed by atoms with Crippen LogP contribution in [0.25, 0.3) is 11.1 Å². The van der Waals surface area contributed by atoms with E-state index >= 15 is 0 Å². The van der Waals surface area contributed by atoms with Gasteiger partial charge in [0.1, 0.15) is 5.52 Å². The van der Waals surface area contributed by atoms with E-state index in [0.717, 1.165) is 23.1 Å². The highest BCUT2D eigenvalue weighted by molar-refractivity contribution is 7.99. The molecule has 2 heterocycles. The van der Waals surface area contributed by atoms with Crippen molar-refractivity contribution in [2.45, 2.75) is 37.6 Å². The zero-order valence-corrected chi connectivity index (χ0v) is 17.2. The van der Waals surface area contributed by atoms with Crippen molar-refractivity contribution in [2.24, 2.45) is 5.92 Å². The maximum absolute atomic E-state index is 12.8. The van der Waals surface area contributed by atoms with Crippen LogP contribution in [0, 0.1) is 5.92 Å². The van der Waals surface area contributed by atoms with Crippen LogP contribution < -0.4 is 5.32 Å². The van der Waals surface area contributed by atoms with Crippen LogP contribution in [0.5, 0.6) is 0 Å². The maximum atomic E-state index is 12.8. The van der Waals surface area contributed by atoms with Crippen molar-refractivity contribution in [1.82, 2.24) is 15.2 Å². The normalized spacial score (nSPS) is 19.8. The summed E-state index contributed by atoms with van der Waals surface area (Å²) in [5.41, 5.74) is 2.56. The zero-order chi connectivity index (χ0) is 20.4. The summed E-state index contributed by atoms with van der Waals surface area (Å²) in [5, 5.41) is 3.55. The average Bonchev–Trinajstić information content (AvgIpc) is 3.17. The molecule has 3 atom stereocenters. The van der Waals surface area contributed by atoms with Crippen LogP contribution in [-0.4, -0.2) is 33.6 Å². The van der Waals surface area contributed by atoms with E-state index in [2.05, 4.69) is 10.3 Å². The summed E-state index contributed by atoms with van der Waals surface area (Å²) in [6, 6.07) is 16.7. The van der Waals surface area contributed by atoms with Gasteiger partial charge in [-0.05, 0) is 24.1 Å². The van der Waals surface area contributed by atoms with Gasteiger partial charge < -0.3 is 9.73 Å². The van der Waals surface area contributed by atoms with Crippen molar-refractivity contribution < 1.29 is 14.0 Å². The Morgan fingerprint density at radius 1 is 1.21 bits per heavy atom. The molecule has 1 aromatic heterocycles. The minimum absolute atomic E-state index is 0.127. The fourth-order valence-corrected chi connectivity index (χ4v) is 4.62. The summed E-state index contributed by atoms with van der Waals surface area (Å²) in [6.07, 6.45) is 0.746. The highest BCUT2D eigenvalue weighted by Crippen LogP contribution is 2.33. The first-order valence-corrected chi connectivity index (χ1v) is 10.7. The maximum Gasteiger partial charge on any atom is 0.324 e. The molecule has 29 heavy (non-hydrogen) atoms. The summed E-state index contributed by atoms with van der Waals surface area (Å²) in [7, 11) is 0. The minimum atomic E-state index is -0.341. The van der Waals surface area contributed by atoms with E-state index in [4.69, 9.17) is 4.42 Å². The fourth-order valence-electron chi connectivity index (χ4n) is 3.55. The van der Waals surface area contributed by atoms with E-state index in [1.807, 2.05) is 68.4 Å². The van der Waals surface area contributed by atoms with Crippen molar-refractivity contribution in [3.05, 3.63) is 60.2 Å². The quantitative estimate of drug-likeness (QED) is 0.475. The van der Waals surface area contributed by atoms with E-state index in [9.17, 15) is 9.59 Å². The zero-order valence-electron chi connectivity index (χ0n) is 16.4. The lowest BCUT2D eigenvalue weighted by Gasteiger charge is -2.44. The predicted molar refractivity (Wildman–Crippen MR) is 113 cm³/mol. The van der Waals surface area contributed by atoms with Gasteiger partial charge in [-0.3, -0.25) is 9.69 Å². The summed E-state index contributed by atoms with van der Waals surface area (Å²) < 4.78 is 5.73. The Labute approximate surface area is 173 Å². The molecule has 3 aromatic rings. The fraction of sp³-hybridized carbons (Fsp3) is 0.318. The van der Waals surface area contributed by atoms with Crippen LogP contribution in [0.1, 0.15) is 31.9 Å². The van der Waals surface area contributed by atoms with Crippen LogP contribution in [0.3, 0.4) is 0 Å². The number of amides is 3. The molecule has 1 aliphatic rings. The Bertz CT molecular complexity index is 987. The molecule has 0 spiro atoms. The third-order valence-corrected chi connectivity index (χ3v) is 6.24. The van der Waals surface area contributed by atoms with Gasteiger partial charge in [0.2, 0.25) is 5.91 Å². The molecule has 1 saturated heterocycles. The summed E-state index contributed by atoms with van der Waals surface area (Å²) >= 11 is 1.43. The SMILES string of the molecule is CC[C@@H](NC(=O)N1C(=O)C(C)C1CSc1nc2ccccc2o1)c1ccccc1. The van der Waals surface area contributed by atoms with Gasteiger partial charge >= 0.3 is 6.03 Å². The van der Waals surface area contributed by atoms with Gasteiger partial charge in [-0.2, -0.15) is 0 Å². The number of nitrogens with one attached hydrogen (secondary N) is 1. The van der Waals surface area contributed by atoms with Gasteiger partial charge in [0.05, 0.1) is 18.0 Å². The topological polar surface area (TPSA) is 75.4 Å². The Balaban J connectivity index is 1.42. The van der Waals surface area contributed by atoms with E-state index in [1.54, 1.807) is 0 Å². The van der Waals surface area contributed by atoms with Crippen molar-refractivity contribution in [1.29, 1.82) is 0 Å². The van der Waals surface area contributed by atoms with Crippen LogP contribution in [0.4, 0.5) is 4.79 Å². The molecule has 2 aromatic carbocycles. The molecule has 0 bridgehead atoms. The molecule has 7 heteroatoms. The molecule has 150 valence electrons. The molecule has 3 amide bonds. The van der Waals surface area contributed by atoms with E-state index in [1.165, 1.54) is 16.7 Å². The van der Waals surface area contributed by atoms with Crippen LogP contribution in [-0.2, 0) is 4.79 Å². The standard InChI is InChI=1S/C22H23N3O3S/c1-3-16(15-9-5-4-6-10-15)23-21(27)25-18(14(2)20(25)26)13-29-22-24-17-11-7-8-12-19(17)28-22/h4-12,14,16,18H,3,13H2,1-2H3,(H,23,27)/t14?,16-,18?/m1/s1. The smallest absolute Gasteiger partial charge is 0.324 e. The second-order valence-electron chi connectivity index (χ2n) is 7.14. The Morgan fingerprint density at radius 2 is 1.93 bits per heavy atom. The van der Waals surface area contributed by atoms with Gasteiger partial charge in [-0.15, -0.1) is 0 Å². The molecule has 0 saturated carbocycles. The number of urea groups is 1. The first-order valence-electron chi connectivity index (χ1n) is 9.75. The number of β-lactam (4-membered cyclic amide) rings is 1. The number of imide groups is 1. The largest absolute Gasteiger partial charge is 0.431 e. The predicted octanol–water partition coefficient (Wildman–Crippen LogP) is 4.63. The molecule has 1 aliphatic heterocycles. The number of likely N-dealkylation sites (tertiary alicyclic amines) is 1. The number of carbonyl (C=O) groups excluding carboxylic acids is 2. The van der Waals surface area contributed by atoms with Crippen LogP contribution >= 0.6 is 11.8 Å². The lowest BCUT2D eigenvalue weighted by molar-refractivity contribution is -0.147. The molecular formula is C22H23N3O3S. The minimum Gasteiger partial charge on any atom is -0.431 e. The third-order valence-electron chi connectivity index (χ3n) is 5.31. The summed E-state index contributed by atoms with van der Waals surface area (Å²) in [4.78, 5) is 31.0. The number of fused-ring (bicyclic) bond motifs is 1. The van der Waals surface area contributed by atoms with Crippen molar-refractivity contribution in [3.8, 4) is 0 Å². The van der Waals surface area contributed by atoms with Gasteiger partial charge in [0, 0.05) is 5.75 Å². The highest BCUT2D eigenvalue weighted by atomic mass is 32.2. The first-order chi connectivity index (χ1) is 14.1. The number of nitrogens with zero attached hydrogens (tertiary/aromatic N) is 2. The second-order valence-corrected chi connectivity index (χ2v) is 8.12. The molecule has 6 nitrogen and oxygen atoms in total. The first kappa shape index (κ1) is 19.5. The van der Waals surface area contributed by atoms with E-state index < -0.39 is 0 Å². The number of carbonyl (C=O) groups is 2. The van der Waals surface area contributed by atoms with Crippen LogP contribution in [0.15, 0.2) is 64.2 Å². The molecule has 1 N–H and O–H groups in total. The van der Waals surface area contributed by atoms with E-state index in [-0.39, 0.29) is 29.9 Å². The van der Waals surface area contributed by atoms with Crippen molar-refractivity contribution in [2.75, 3.05) is 5.75 Å². The van der Waals surface area contributed by atoms with Crippen LogP contribution in [0.2, 0.25) is 0 Å². The number of aromatic nitrogens is 1. The number of rotatable bonds is 6. The van der Waals surface area contributed by atoms with E-state index in [0.29, 0.717) is 11.0 Å². The molecule has 1 fully saturated rings.